The molecule has 2 aliphatic heterocycles. The van der Waals surface area contributed by atoms with E-state index < -0.39 is 0 Å². The smallest absolute Gasteiger partial charge is 0.274 e. The molecule has 1 aromatic carbocycles. The Morgan fingerprint density at radius 2 is 1.81 bits per heavy atom. The van der Waals surface area contributed by atoms with E-state index in [4.69, 9.17) is 4.98 Å². The zero-order valence-electron chi connectivity index (χ0n) is 17.9. The van der Waals surface area contributed by atoms with E-state index in [0.29, 0.717) is 5.69 Å². The number of hydrogen-bond donors (Lipinski definition) is 0. The lowest BCUT2D eigenvalue weighted by atomic mass is 10.0. The molecule has 0 spiro atoms. The maximum absolute atomic E-state index is 13.1. The van der Waals surface area contributed by atoms with E-state index in [-0.39, 0.29) is 11.9 Å². The lowest BCUT2D eigenvalue weighted by molar-refractivity contribution is 0.0718. The molecule has 0 N–H and O–H groups in total. The number of carbonyl (C=O) groups excluding carboxylic acids is 1. The fourth-order valence-corrected chi connectivity index (χ4v) is 4.77. The molecule has 160 valence electrons. The molecule has 1 atom stereocenters. The third-order valence-electron chi connectivity index (χ3n) is 6.43. The predicted molar refractivity (Wildman–Crippen MR) is 120 cm³/mol. The largest absolute Gasteiger partial charge is 0.337 e. The van der Waals surface area contributed by atoms with Crippen molar-refractivity contribution >= 4 is 5.91 Å². The van der Waals surface area contributed by atoms with Crippen LogP contribution in [0, 0.1) is 0 Å². The molecule has 3 aromatic rings. The highest BCUT2D eigenvalue weighted by Gasteiger charge is 2.32. The van der Waals surface area contributed by atoms with Crippen LogP contribution in [-0.4, -0.2) is 56.4 Å². The third kappa shape index (κ3) is 4.26. The highest BCUT2D eigenvalue weighted by Crippen LogP contribution is 2.32. The Morgan fingerprint density at radius 1 is 0.968 bits per heavy atom. The van der Waals surface area contributed by atoms with Crippen LogP contribution in [0.4, 0.5) is 0 Å². The third-order valence-corrected chi connectivity index (χ3v) is 6.43. The van der Waals surface area contributed by atoms with E-state index >= 15 is 0 Å². The average molecular weight is 416 g/mol. The van der Waals surface area contributed by atoms with E-state index in [1.54, 1.807) is 0 Å². The van der Waals surface area contributed by atoms with E-state index in [9.17, 15) is 4.79 Å². The van der Waals surface area contributed by atoms with Gasteiger partial charge in [0.2, 0.25) is 0 Å². The van der Waals surface area contributed by atoms with Gasteiger partial charge in [-0.25, -0.2) is 4.98 Å². The van der Waals surface area contributed by atoms with Crippen molar-refractivity contribution in [3.8, 4) is 0 Å². The first-order chi connectivity index (χ1) is 15.3. The van der Waals surface area contributed by atoms with Crippen molar-refractivity contribution in [1.82, 2.24) is 24.3 Å². The Kier molecular flexibility index (Phi) is 5.80. The minimum absolute atomic E-state index is 0.0505. The van der Waals surface area contributed by atoms with Gasteiger partial charge in [-0.2, -0.15) is 0 Å². The van der Waals surface area contributed by atoms with Gasteiger partial charge in [0.1, 0.15) is 11.5 Å². The van der Waals surface area contributed by atoms with Crippen LogP contribution in [-0.2, 0) is 13.0 Å². The summed E-state index contributed by atoms with van der Waals surface area (Å²) in [6.45, 7) is 4.40. The quantitative estimate of drug-likeness (QED) is 0.640. The van der Waals surface area contributed by atoms with Gasteiger partial charge >= 0.3 is 0 Å². The fourth-order valence-electron chi connectivity index (χ4n) is 4.77. The van der Waals surface area contributed by atoms with Crippen LogP contribution in [0.15, 0.2) is 61.1 Å². The van der Waals surface area contributed by atoms with Gasteiger partial charge in [-0.15, -0.1) is 0 Å². The number of pyridine rings is 1. The van der Waals surface area contributed by atoms with Crippen molar-refractivity contribution in [1.29, 1.82) is 0 Å². The van der Waals surface area contributed by atoms with Gasteiger partial charge < -0.3 is 9.47 Å². The summed E-state index contributed by atoms with van der Waals surface area (Å²) in [7, 11) is 0. The van der Waals surface area contributed by atoms with E-state index in [1.807, 2.05) is 35.6 Å². The maximum atomic E-state index is 13.1. The van der Waals surface area contributed by atoms with Crippen LogP contribution in [0.3, 0.4) is 0 Å². The summed E-state index contributed by atoms with van der Waals surface area (Å²) in [4.78, 5) is 26.7. The Bertz CT molecular complexity index is 1010. The van der Waals surface area contributed by atoms with Crippen molar-refractivity contribution in [3.63, 3.8) is 0 Å². The molecule has 2 aliphatic rings. The molecule has 0 saturated carbocycles. The second-order valence-corrected chi connectivity index (χ2v) is 8.49. The number of piperidine rings is 1. The molecule has 0 aliphatic carbocycles. The SMILES string of the molecule is O=C(c1cn2c(n1)C(c1ccccc1)N(CCc1cccnc1)CC2)N1CCCCC1. The zero-order chi connectivity index (χ0) is 21.0. The van der Waals surface area contributed by atoms with Crippen LogP contribution >= 0.6 is 0 Å². The molecule has 1 fully saturated rings. The molecule has 5 rings (SSSR count). The Hall–Kier alpha value is -2.99. The molecular weight excluding hydrogens is 386 g/mol. The van der Waals surface area contributed by atoms with Gasteiger partial charge in [0, 0.05) is 51.3 Å². The van der Waals surface area contributed by atoms with Gasteiger partial charge in [0.05, 0.1) is 6.04 Å². The predicted octanol–water partition coefficient (Wildman–Crippen LogP) is 3.55. The lowest BCUT2D eigenvalue weighted by Gasteiger charge is -2.36. The number of rotatable bonds is 5. The highest BCUT2D eigenvalue weighted by atomic mass is 16.2. The lowest BCUT2D eigenvalue weighted by Crippen LogP contribution is -2.40. The number of benzene rings is 1. The van der Waals surface area contributed by atoms with Gasteiger partial charge in [0.15, 0.2) is 0 Å². The molecule has 6 heteroatoms. The van der Waals surface area contributed by atoms with Crippen molar-refractivity contribution in [2.45, 2.75) is 38.3 Å². The molecule has 6 nitrogen and oxygen atoms in total. The minimum atomic E-state index is 0.0505. The summed E-state index contributed by atoms with van der Waals surface area (Å²) in [5.74, 6) is 1.05. The van der Waals surface area contributed by atoms with Gasteiger partial charge in [-0.1, -0.05) is 36.4 Å². The van der Waals surface area contributed by atoms with Gasteiger partial charge in [-0.3, -0.25) is 14.7 Å². The molecule has 0 radical (unpaired) electrons. The van der Waals surface area contributed by atoms with Crippen molar-refractivity contribution < 1.29 is 4.79 Å². The number of imidazole rings is 1. The van der Waals surface area contributed by atoms with Gasteiger partial charge in [0.25, 0.3) is 5.91 Å². The summed E-state index contributed by atoms with van der Waals surface area (Å²) in [6, 6.07) is 14.7. The normalized spacial score (nSPS) is 19.2. The number of amides is 1. The number of nitrogens with zero attached hydrogens (tertiary/aromatic N) is 5. The van der Waals surface area contributed by atoms with Crippen molar-refractivity contribution in [3.05, 3.63) is 83.7 Å². The van der Waals surface area contributed by atoms with Crippen molar-refractivity contribution in [2.75, 3.05) is 26.2 Å². The number of hydrogen-bond acceptors (Lipinski definition) is 4. The Labute approximate surface area is 183 Å². The highest BCUT2D eigenvalue weighted by molar-refractivity contribution is 5.92. The second-order valence-electron chi connectivity index (χ2n) is 8.49. The summed E-state index contributed by atoms with van der Waals surface area (Å²) in [6.07, 6.45) is 10.1. The summed E-state index contributed by atoms with van der Waals surface area (Å²) < 4.78 is 2.19. The Balaban J connectivity index is 1.43. The first-order valence-electron chi connectivity index (χ1n) is 11.3. The van der Waals surface area contributed by atoms with Crippen molar-refractivity contribution in [2.24, 2.45) is 0 Å². The number of aromatic nitrogens is 3. The molecule has 31 heavy (non-hydrogen) atoms. The zero-order valence-corrected chi connectivity index (χ0v) is 17.9. The van der Waals surface area contributed by atoms with Gasteiger partial charge in [-0.05, 0) is 42.9 Å². The van der Waals surface area contributed by atoms with E-state index in [2.05, 4.69) is 44.8 Å². The molecule has 4 heterocycles. The van der Waals surface area contributed by atoms with Crippen LogP contribution in [0.1, 0.15) is 52.7 Å². The average Bonchev–Trinajstić information content (AvgIpc) is 3.28. The maximum Gasteiger partial charge on any atom is 0.274 e. The molecule has 0 bridgehead atoms. The number of carbonyl (C=O) groups is 1. The molecule has 1 saturated heterocycles. The Morgan fingerprint density at radius 3 is 2.58 bits per heavy atom. The summed E-state index contributed by atoms with van der Waals surface area (Å²) in [5.41, 5.74) is 3.05. The summed E-state index contributed by atoms with van der Waals surface area (Å²) in [5, 5.41) is 0. The van der Waals surface area contributed by atoms with Crippen LogP contribution in [0.2, 0.25) is 0 Å². The van der Waals surface area contributed by atoms with Crippen LogP contribution in [0.5, 0.6) is 0 Å². The second kappa shape index (κ2) is 9.02. The minimum Gasteiger partial charge on any atom is -0.337 e. The molecular formula is C25H29N5O. The topological polar surface area (TPSA) is 54.3 Å². The fraction of sp³-hybridized carbons (Fsp3) is 0.400. The standard InChI is InChI=1S/C25H29N5O/c31-25(29-13-5-2-6-14-29)22-19-30-17-16-28(15-11-20-8-7-12-26-18-20)23(24(30)27-22)21-9-3-1-4-10-21/h1,3-4,7-10,12,18-19,23H,2,5-6,11,13-17H2. The first kappa shape index (κ1) is 19.9. The summed E-state index contributed by atoms with van der Waals surface area (Å²) >= 11 is 0. The number of likely N-dealkylation sites (tertiary alicyclic amines) is 1. The van der Waals surface area contributed by atoms with Crippen LogP contribution in [0.25, 0.3) is 0 Å². The van der Waals surface area contributed by atoms with E-state index in [1.165, 1.54) is 17.5 Å². The molecule has 2 aromatic heterocycles. The van der Waals surface area contributed by atoms with Crippen LogP contribution < -0.4 is 0 Å². The monoisotopic (exact) mass is 415 g/mol. The molecule has 1 unspecified atom stereocenters. The first-order valence-corrected chi connectivity index (χ1v) is 11.3. The number of fused-ring (bicyclic) bond motifs is 1. The molecule has 1 amide bonds. The van der Waals surface area contributed by atoms with E-state index in [0.717, 1.165) is 57.8 Å².